The number of hydrogen-bond acceptors (Lipinski definition) is 1. The second-order valence-electron chi connectivity index (χ2n) is 4.61. The lowest BCUT2D eigenvalue weighted by Gasteiger charge is -2.13. The van der Waals surface area contributed by atoms with E-state index in [1.807, 2.05) is 48.5 Å². The number of halogens is 1. The van der Waals surface area contributed by atoms with Gasteiger partial charge in [0.1, 0.15) is 0 Å². The second-order valence-corrected chi connectivity index (χ2v) is 5.02. The van der Waals surface area contributed by atoms with E-state index in [-0.39, 0.29) is 0 Å². The van der Waals surface area contributed by atoms with Gasteiger partial charge in [-0.3, -0.25) is 0 Å². The molecule has 0 fully saturated rings. The van der Waals surface area contributed by atoms with Crippen LogP contribution in [0.5, 0.6) is 0 Å². The van der Waals surface area contributed by atoms with Crippen LogP contribution in [0.2, 0.25) is 5.02 Å². The second kappa shape index (κ2) is 5.40. The van der Waals surface area contributed by atoms with Gasteiger partial charge in [0.25, 0.3) is 0 Å². The normalized spacial score (nSPS) is 10.4. The van der Waals surface area contributed by atoms with Crippen molar-refractivity contribution in [3.63, 3.8) is 0 Å². The monoisotopic (exact) mass is 279 g/mol. The molecule has 98 valence electrons. The molecule has 3 aromatic carbocycles. The van der Waals surface area contributed by atoms with Crippen molar-refractivity contribution in [2.24, 2.45) is 0 Å². The number of nitrogens with two attached hydrogens (primary N) is 1. The summed E-state index contributed by atoms with van der Waals surface area (Å²) >= 11 is 6.14. The molecule has 3 aromatic rings. The molecule has 0 spiro atoms. The first-order chi connectivity index (χ1) is 9.77. The molecule has 0 unspecified atom stereocenters. The van der Waals surface area contributed by atoms with E-state index in [4.69, 9.17) is 17.3 Å². The van der Waals surface area contributed by atoms with Gasteiger partial charge in [0.2, 0.25) is 0 Å². The third-order valence-corrected chi connectivity index (χ3v) is 3.68. The Morgan fingerprint density at radius 3 is 1.95 bits per heavy atom. The lowest BCUT2D eigenvalue weighted by molar-refractivity contribution is 1.58. The fourth-order valence-corrected chi connectivity index (χ4v) is 2.53. The van der Waals surface area contributed by atoms with Crippen molar-refractivity contribution in [2.75, 3.05) is 5.73 Å². The van der Waals surface area contributed by atoms with Gasteiger partial charge in [-0.25, -0.2) is 0 Å². The zero-order chi connectivity index (χ0) is 13.9. The van der Waals surface area contributed by atoms with Crippen LogP contribution >= 0.6 is 11.6 Å². The molecule has 2 heteroatoms. The molecule has 0 aromatic heterocycles. The summed E-state index contributed by atoms with van der Waals surface area (Å²) in [5.74, 6) is 0. The number of benzene rings is 3. The fraction of sp³-hybridized carbons (Fsp3) is 0. The van der Waals surface area contributed by atoms with Gasteiger partial charge in [0.05, 0.1) is 10.7 Å². The van der Waals surface area contributed by atoms with Gasteiger partial charge >= 0.3 is 0 Å². The van der Waals surface area contributed by atoms with Gasteiger partial charge in [0, 0.05) is 5.56 Å². The topological polar surface area (TPSA) is 26.0 Å². The van der Waals surface area contributed by atoms with Crippen LogP contribution in [0.4, 0.5) is 5.69 Å². The Morgan fingerprint density at radius 2 is 1.20 bits per heavy atom. The van der Waals surface area contributed by atoms with E-state index < -0.39 is 0 Å². The van der Waals surface area contributed by atoms with Crippen LogP contribution < -0.4 is 5.73 Å². The van der Waals surface area contributed by atoms with E-state index in [9.17, 15) is 0 Å². The largest absolute Gasteiger partial charge is 0.397 e. The Bertz CT molecular complexity index is 735. The molecule has 0 aliphatic heterocycles. The standard InChI is InChI=1S/C18H14ClN/c19-17-12-6-11-16(18(17)20)15-10-5-4-9-14(15)13-7-2-1-3-8-13/h1-12H,20H2. The van der Waals surface area contributed by atoms with Crippen molar-refractivity contribution in [1.29, 1.82) is 0 Å². The minimum atomic E-state index is 0.588. The maximum absolute atomic E-state index is 6.14. The predicted molar refractivity (Wildman–Crippen MR) is 86.7 cm³/mol. The molecular weight excluding hydrogens is 266 g/mol. The summed E-state index contributed by atoms with van der Waals surface area (Å²) < 4.78 is 0. The van der Waals surface area contributed by atoms with E-state index in [1.165, 1.54) is 5.56 Å². The van der Waals surface area contributed by atoms with Crippen molar-refractivity contribution in [3.8, 4) is 22.3 Å². The zero-order valence-corrected chi connectivity index (χ0v) is 11.6. The van der Waals surface area contributed by atoms with Crippen molar-refractivity contribution < 1.29 is 0 Å². The van der Waals surface area contributed by atoms with Crippen LogP contribution in [-0.4, -0.2) is 0 Å². The van der Waals surface area contributed by atoms with E-state index >= 15 is 0 Å². The Balaban J connectivity index is 2.23. The summed E-state index contributed by atoms with van der Waals surface area (Å²) in [5.41, 5.74) is 11.1. The van der Waals surface area contributed by atoms with Crippen molar-refractivity contribution in [1.82, 2.24) is 0 Å². The van der Waals surface area contributed by atoms with Gasteiger partial charge in [-0.2, -0.15) is 0 Å². The Hall–Kier alpha value is -2.25. The average Bonchev–Trinajstić information content (AvgIpc) is 2.51. The first-order valence-electron chi connectivity index (χ1n) is 6.46. The van der Waals surface area contributed by atoms with Crippen molar-refractivity contribution in [2.45, 2.75) is 0 Å². The highest BCUT2D eigenvalue weighted by Crippen LogP contribution is 2.37. The number of para-hydroxylation sites is 1. The molecule has 0 saturated carbocycles. The quantitative estimate of drug-likeness (QED) is 0.637. The van der Waals surface area contributed by atoms with Gasteiger partial charge < -0.3 is 5.73 Å². The van der Waals surface area contributed by atoms with Crippen LogP contribution in [-0.2, 0) is 0 Å². The van der Waals surface area contributed by atoms with Gasteiger partial charge in [-0.1, -0.05) is 78.3 Å². The summed E-state index contributed by atoms with van der Waals surface area (Å²) in [6, 6.07) is 24.2. The Morgan fingerprint density at radius 1 is 0.600 bits per heavy atom. The van der Waals surface area contributed by atoms with Gasteiger partial charge in [-0.05, 0) is 22.8 Å². The zero-order valence-electron chi connectivity index (χ0n) is 10.9. The Kier molecular flexibility index (Phi) is 3.44. The number of rotatable bonds is 2. The highest BCUT2D eigenvalue weighted by Gasteiger charge is 2.10. The Labute approximate surface area is 123 Å². The van der Waals surface area contributed by atoms with E-state index in [0.29, 0.717) is 10.7 Å². The molecule has 3 rings (SSSR count). The molecule has 1 nitrogen and oxygen atoms in total. The fourth-order valence-electron chi connectivity index (χ4n) is 2.36. The first-order valence-corrected chi connectivity index (χ1v) is 6.84. The molecule has 0 radical (unpaired) electrons. The molecule has 0 aliphatic carbocycles. The minimum Gasteiger partial charge on any atom is -0.397 e. The van der Waals surface area contributed by atoms with Crippen LogP contribution in [0.15, 0.2) is 72.8 Å². The molecule has 0 heterocycles. The number of nitrogen functional groups attached to an aromatic ring is 1. The summed E-state index contributed by atoms with van der Waals surface area (Å²) in [7, 11) is 0. The maximum Gasteiger partial charge on any atom is 0.0641 e. The van der Waals surface area contributed by atoms with Gasteiger partial charge in [-0.15, -0.1) is 0 Å². The summed E-state index contributed by atoms with van der Waals surface area (Å²) in [6.07, 6.45) is 0. The van der Waals surface area contributed by atoms with Crippen LogP contribution in [0.25, 0.3) is 22.3 Å². The number of hydrogen-bond donors (Lipinski definition) is 1. The van der Waals surface area contributed by atoms with E-state index in [2.05, 4.69) is 24.3 Å². The predicted octanol–water partition coefficient (Wildman–Crippen LogP) is 5.26. The SMILES string of the molecule is Nc1c(Cl)cccc1-c1ccccc1-c1ccccc1. The molecular formula is C18H14ClN. The smallest absolute Gasteiger partial charge is 0.0641 e. The molecule has 0 aliphatic rings. The minimum absolute atomic E-state index is 0.588. The highest BCUT2D eigenvalue weighted by atomic mass is 35.5. The van der Waals surface area contributed by atoms with E-state index in [0.717, 1.165) is 16.7 Å². The number of anilines is 1. The molecule has 0 amide bonds. The van der Waals surface area contributed by atoms with Crippen LogP contribution in [0, 0.1) is 0 Å². The molecule has 0 bridgehead atoms. The molecule has 20 heavy (non-hydrogen) atoms. The lowest BCUT2D eigenvalue weighted by Crippen LogP contribution is -1.93. The maximum atomic E-state index is 6.14. The van der Waals surface area contributed by atoms with Gasteiger partial charge in [0.15, 0.2) is 0 Å². The third-order valence-electron chi connectivity index (χ3n) is 3.35. The van der Waals surface area contributed by atoms with Crippen molar-refractivity contribution in [3.05, 3.63) is 77.8 Å². The van der Waals surface area contributed by atoms with Crippen LogP contribution in [0.1, 0.15) is 0 Å². The van der Waals surface area contributed by atoms with E-state index in [1.54, 1.807) is 0 Å². The molecule has 2 N–H and O–H groups in total. The summed E-state index contributed by atoms with van der Waals surface area (Å²) in [5, 5.41) is 0.588. The summed E-state index contributed by atoms with van der Waals surface area (Å²) in [6.45, 7) is 0. The van der Waals surface area contributed by atoms with Crippen LogP contribution in [0.3, 0.4) is 0 Å². The lowest BCUT2D eigenvalue weighted by atomic mass is 9.94. The van der Waals surface area contributed by atoms with Crippen molar-refractivity contribution >= 4 is 17.3 Å². The average molecular weight is 280 g/mol. The molecule has 0 saturated heterocycles. The molecule has 0 atom stereocenters. The third kappa shape index (κ3) is 2.28. The summed E-state index contributed by atoms with van der Waals surface area (Å²) in [4.78, 5) is 0. The first kappa shape index (κ1) is 12.8. The highest BCUT2D eigenvalue weighted by molar-refractivity contribution is 6.33.